The maximum absolute atomic E-state index is 13.9. The predicted octanol–water partition coefficient (Wildman–Crippen LogP) is 2.90. The molecule has 2 amide bonds. The first-order valence-electron chi connectivity index (χ1n) is 8.62. The van der Waals surface area contributed by atoms with E-state index in [2.05, 4.69) is 6.58 Å². The van der Waals surface area contributed by atoms with Crippen molar-refractivity contribution in [3.63, 3.8) is 0 Å². The maximum Gasteiger partial charge on any atom is 0.245 e. The van der Waals surface area contributed by atoms with Crippen molar-refractivity contribution in [2.45, 2.75) is 19.3 Å². The van der Waals surface area contributed by atoms with Crippen LogP contribution in [0.25, 0.3) is 0 Å². The van der Waals surface area contributed by atoms with E-state index in [4.69, 9.17) is 11.6 Å². The van der Waals surface area contributed by atoms with Crippen LogP contribution >= 0.6 is 11.6 Å². The van der Waals surface area contributed by atoms with Crippen molar-refractivity contribution in [3.8, 4) is 0 Å². The molecule has 0 saturated carbocycles. The fourth-order valence-corrected chi connectivity index (χ4v) is 3.90. The summed E-state index contributed by atoms with van der Waals surface area (Å²) < 4.78 is 13.9. The minimum atomic E-state index is -0.289. The SMILES string of the molecule is C=CC(=O)N1CCCC(C(=O)N2CC(Cc3c(F)cccc3Cl)C2)C1. The van der Waals surface area contributed by atoms with Crippen LogP contribution in [-0.2, 0) is 16.0 Å². The number of piperidine rings is 1. The Labute approximate surface area is 152 Å². The van der Waals surface area contributed by atoms with Gasteiger partial charge >= 0.3 is 0 Å². The second-order valence-corrected chi connectivity index (χ2v) is 7.25. The zero-order valence-electron chi connectivity index (χ0n) is 14.1. The van der Waals surface area contributed by atoms with Gasteiger partial charge in [0, 0.05) is 36.8 Å². The topological polar surface area (TPSA) is 40.6 Å². The number of hydrogen-bond donors (Lipinski definition) is 0. The van der Waals surface area contributed by atoms with E-state index in [9.17, 15) is 14.0 Å². The fourth-order valence-electron chi connectivity index (χ4n) is 3.66. The van der Waals surface area contributed by atoms with Gasteiger partial charge in [0.25, 0.3) is 0 Å². The summed E-state index contributed by atoms with van der Waals surface area (Å²) in [5.74, 6) is -0.225. The molecule has 2 aliphatic heterocycles. The quantitative estimate of drug-likeness (QED) is 0.771. The van der Waals surface area contributed by atoms with E-state index in [1.54, 1.807) is 17.0 Å². The summed E-state index contributed by atoms with van der Waals surface area (Å²) in [5.41, 5.74) is 0.529. The van der Waals surface area contributed by atoms with E-state index >= 15 is 0 Å². The van der Waals surface area contributed by atoms with Crippen molar-refractivity contribution in [2.75, 3.05) is 26.2 Å². The summed E-state index contributed by atoms with van der Waals surface area (Å²) in [6, 6.07) is 4.70. The lowest BCUT2D eigenvalue weighted by Crippen LogP contribution is -2.55. The van der Waals surface area contributed by atoms with Crippen molar-refractivity contribution in [2.24, 2.45) is 11.8 Å². The summed E-state index contributed by atoms with van der Waals surface area (Å²) in [6.45, 7) is 5.89. The van der Waals surface area contributed by atoms with Crippen molar-refractivity contribution in [1.82, 2.24) is 9.80 Å². The molecule has 25 heavy (non-hydrogen) atoms. The van der Waals surface area contributed by atoms with E-state index in [0.29, 0.717) is 43.2 Å². The molecule has 1 atom stereocenters. The van der Waals surface area contributed by atoms with Gasteiger partial charge in [0.05, 0.1) is 5.92 Å². The Kier molecular flexibility index (Phi) is 5.42. The monoisotopic (exact) mass is 364 g/mol. The molecule has 1 aromatic rings. The zero-order valence-corrected chi connectivity index (χ0v) is 14.8. The highest BCUT2D eigenvalue weighted by molar-refractivity contribution is 6.31. The maximum atomic E-state index is 13.9. The number of nitrogens with zero attached hydrogens (tertiary/aromatic N) is 2. The number of likely N-dealkylation sites (tertiary alicyclic amines) is 2. The first-order valence-corrected chi connectivity index (χ1v) is 9.00. The summed E-state index contributed by atoms with van der Waals surface area (Å²) in [6.07, 6.45) is 3.48. The van der Waals surface area contributed by atoms with Gasteiger partial charge in [0.2, 0.25) is 11.8 Å². The molecule has 0 bridgehead atoms. The molecule has 2 saturated heterocycles. The third-order valence-corrected chi connectivity index (χ3v) is 5.43. The van der Waals surface area contributed by atoms with Gasteiger partial charge in [-0.2, -0.15) is 0 Å². The third-order valence-electron chi connectivity index (χ3n) is 5.08. The van der Waals surface area contributed by atoms with Gasteiger partial charge in [-0.1, -0.05) is 24.2 Å². The molecular formula is C19H22ClFN2O2. The van der Waals surface area contributed by atoms with Gasteiger partial charge in [-0.05, 0) is 43.4 Å². The van der Waals surface area contributed by atoms with Crippen molar-refractivity contribution >= 4 is 23.4 Å². The van der Waals surface area contributed by atoms with Crippen molar-refractivity contribution < 1.29 is 14.0 Å². The molecule has 1 unspecified atom stereocenters. The second kappa shape index (κ2) is 7.56. The van der Waals surface area contributed by atoms with Crippen LogP contribution in [0, 0.1) is 17.7 Å². The Morgan fingerprint density at radius 3 is 2.72 bits per heavy atom. The fraction of sp³-hybridized carbons (Fsp3) is 0.474. The van der Waals surface area contributed by atoms with E-state index < -0.39 is 0 Å². The molecule has 0 spiro atoms. The van der Waals surface area contributed by atoms with Crippen LogP contribution < -0.4 is 0 Å². The number of carbonyl (C=O) groups excluding carboxylic acids is 2. The Balaban J connectivity index is 1.53. The highest BCUT2D eigenvalue weighted by atomic mass is 35.5. The van der Waals surface area contributed by atoms with Gasteiger partial charge in [-0.3, -0.25) is 9.59 Å². The molecule has 6 heteroatoms. The standard InChI is InChI=1S/C19H22ClFN2O2/c1-2-18(24)22-8-4-5-14(12-22)19(25)23-10-13(11-23)9-15-16(20)6-3-7-17(15)21/h2-3,6-7,13-14H,1,4-5,8-12H2. The molecule has 134 valence electrons. The summed E-state index contributed by atoms with van der Waals surface area (Å²) in [4.78, 5) is 27.9. The summed E-state index contributed by atoms with van der Waals surface area (Å²) in [5, 5.41) is 0.440. The minimum Gasteiger partial charge on any atom is -0.342 e. The molecular weight excluding hydrogens is 343 g/mol. The average Bonchev–Trinajstić information content (AvgIpc) is 2.58. The van der Waals surface area contributed by atoms with Crippen molar-refractivity contribution in [1.29, 1.82) is 0 Å². The molecule has 3 rings (SSSR count). The van der Waals surface area contributed by atoms with Crippen LogP contribution in [-0.4, -0.2) is 47.8 Å². The number of benzene rings is 1. The Morgan fingerprint density at radius 2 is 2.04 bits per heavy atom. The molecule has 2 aliphatic rings. The first kappa shape index (κ1) is 17.9. The smallest absolute Gasteiger partial charge is 0.245 e. The molecule has 4 nitrogen and oxygen atoms in total. The first-order chi connectivity index (χ1) is 12.0. The van der Waals surface area contributed by atoms with Gasteiger partial charge in [0.15, 0.2) is 0 Å². The van der Waals surface area contributed by atoms with E-state index in [0.717, 1.165) is 12.8 Å². The number of rotatable bonds is 4. The molecule has 0 aromatic heterocycles. The normalized spacial score (nSPS) is 21.0. The number of carbonyl (C=O) groups is 2. The Bertz CT molecular complexity index is 668. The minimum absolute atomic E-state index is 0.0949. The average molecular weight is 365 g/mol. The molecule has 0 aliphatic carbocycles. The Hall–Kier alpha value is -1.88. The van der Waals surface area contributed by atoms with Crippen LogP contribution in [0.5, 0.6) is 0 Å². The number of halogens is 2. The highest BCUT2D eigenvalue weighted by Gasteiger charge is 2.37. The van der Waals surface area contributed by atoms with Gasteiger partial charge in [-0.15, -0.1) is 0 Å². The van der Waals surface area contributed by atoms with Gasteiger partial charge < -0.3 is 9.80 Å². The van der Waals surface area contributed by atoms with Gasteiger partial charge in [0.1, 0.15) is 5.82 Å². The summed E-state index contributed by atoms with van der Waals surface area (Å²) >= 11 is 6.07. The largest absolute Gasteiger partial charge is 0.342 e. The van der Waals surface area contributed by atoms with Gasteiger partial charge in [-0.25, -0.2) is 4.39 Å². The zero-order chi connectivity index (χ0) is 18.0. The van der Waals surface area contributed by atoms with Crippen LogP contribution in [0.15, 0.2) is 30.9 Å². The van der Waals surface area contributed by atoms with Crippen LogP contribution in [0.1, 0.15) is 18.4 Å². The predicted molar refractivity (Wildman–Crippen MR) is 94.7 cm³/mol. The molecule has 1 aromatic carbocycles. The van der Waals surface area contributed by atoms with E-state index in [-0.39, 0.29) is 29.5 Å². The second-order valence-electron chi connectivity index (χ2n) is 6.84. The highest BCUT2D eigenvalue weighted by Crippen LogP contribution is 2.29. The lowest BCUT2D eigenvalue weighted by atomic mass is 9.89. The number of hydrogen-bond acceptors (Lipinski definition) is 2. The molecule has 2 heterocycles. The molecule has 0 radical (unpaired) electrons. The van der Waals surface area contributed by atoms with E-state index in [1.807, 2.05) is 4.90 Å². The van der Waals surface area contributed by atoms with Crippen LogP contribution in [0.3, 0.4) is 0 Å². The lowest BCUT2D eigenvalue weighted by Gasteiger charge is -2.43. The molecule has 0 N–H and O–H groups in total. The summed E-state index contributed by atoms with van der Waals surface area (Å²) in [7, 11) is 0. The van der Waals surface area contributed by atoms with E-state index in [1.165, 1.54) is 12.1 Å². The van der Waals surface area contributed by atoms with Crippen LogP contribution in [0.2, 0.25) is 5.02 Å². The third kappa shape index (κ3) is 3.87. The van der Waals surface area contributed by atoms with Crippen LogP contribution in [0.4, 0.5) is 4.39 Å². The Morgan fingerprint density at radius 1 is 1.28 bits per heavy atom. The van der Waals surface area contributed by atoms with Crippen molar-refractivity contribution in [3.05, 3.63) is 47.3 Å². The number of amides is 2. The lowest BCUT2D eigenvalue weighted by molar-refractivity contribution is -0.145. The molecule has 2 fully saturated rings.